The van der Waals surface area contributed by atoms with Crippen molar-refractivity contribution in [1.82, 2.24) is 10.2 Å². The molecule has 0 bridgehead atoms. The van der Waals surface area contributed by atoms with Gasteiger partial charge >= 0.3 is 19.5 Å². The fourth-order valence-corrected chi connectivity index (χ4v) is 1.70. The van der Waals surface area contributed by atoms with Gasteiger partial charge in [0.05, 0.1) is 18.8 Å². The van der Waals surface area contributed by atoms with E-state index in [0.717, 1.165) is 0 Å². The van der Waals surface area contributed by atoms with E-state index in [0.29, 0.717) is 28.3 Å². The minimum atomic E-state index is -0.622. The maximum absolute atomic E-state index is 9.79. The Bertz CT molecular complexity index is 282. The van der Waals surface area contributed by atoms with Crippen LogP contribution in [-0.4, -0.2) is 57.1 Å². The number of hydrogen-bond acceptors (Lipinski definition) is 6. The molecule has 0 saturated heterocycles. The number of rotatable bonds is 8. The summed E-state index contributed by atoms with van der Waals surface area (Å²) in [6, 6.07) is 0. The molecule has 2 N–H and O–H groups in total. The third-order valence-electron chi connectivity index (χ3n) is 1.96. The Morgan fingerprint density at radius 3 is 2.37 bits per heavy atom. The van der Waals surface area contributed by atoms with Crippen molar-refractivity contribution in [3.8, 4) is 0 Å². The SMILES string of the molecule is CC(C)OCC(O)CN(CCNC(=S)[S-])C(=S)[S-].[Zn+2]. The van der Waals surface area contributed by atoms with E-state index in [4.69, 9.17) is 54.4 Å². The Hall–Kier alpha value is 0.763. The maximum Gasteiger partial charge on any atom is 2.00 e. The third-order valence-corrected chi connectivity index (χ3v) is 2.77. The predicted octanol–water partition coefficient (Wildman–Crippen LogP) is 0.325. The molecule has 9 heteroatoms. The Kier molecular flexibility index (Phi) is 14.5. The van der Waals surface area contributed by atoms with Crippen molar-refractivity contribution in [1.29, 1.82) is 0 Å². The van der Waals surface area contributed by atoms with Crippen LogP contribution < -0.4 is 5.32 Å². The van der Waals surface area contributed by atoms with E-state index in [2.05, 4.69) is 5.32 Å². The molecule has 0 aromatic rings. The Labute approximate surface area is 149 Å². The van der Waals surface area contributed by atoms with E-state index in [-0.39, 0.29) is 32.2 Å². The van der Waals surface area contributed by atoms with Crippen LogP contribution >= 0.6 is 24.4 Å². The number of aliphatic hydroxyl groups excluding tert-OH is 1. The Morgan fingerprint density at radius 1 is 1.37 bits per heavy atom. The van der Waals surface area contributed by atoms with Gasteiger partial charge in [-0.2, -0.15) is 0 Å². The molecule has 0 aromatic heterocycles. The Balaban J connectivity index is 0. The molecule has 4 nitrogen and oxygen atoms in total. The summed E-state index contributed by atoms with van der Waals surface area (Å²) in [5.41, 5.74) is 0. The fraction of sp³-hybridized carbons (Fsp3) is 0.800. The summed E-state index contributed by atoms with van der Waals surface area (Å²) < 4.78 is 5.95. The maximum atomic E-state index is 9.79. The van der Waals surface area contributed by atoms with Crippen molar-refractivity contribution in [2.24, 2.45) is 0 Å². The van der Waals surface area contributed by atoms with Gasteiger partial charge in [-0.25, -0.2) is 0 Å². The molecule has 0 amide bonds. The van der Waals surface area contributed by atoms with Crippen LogP contribution in [0.25, 0.3) is 0 Å². The van der Waals surface area contributed by atoms with E-state index in [1.807, 2.05) is 13.8 Å². The van der Waals surface area contributed by atoms with E-state index in [1.165, 1.54) is 0 Å². The normalized spacial score (nSPS) is 11.6. The topological polar surface area (TPSA) is 44.7 Å². The van der Waals surface area contributed by atoms with Gasteiger partial charge in [-0.15, -0.1) is 0 Å². The van der Waals surface area contributed by atoms with Gasteiger partial charge in [-0.3, -0.25) is 0 Å². The molecule has 0 rings (SSSR count). The molecule has 0 fully saturated rings. The van der Waals surface area contributed by atoms with Gasteiger partial charge in [0.25, 0.3) is 0 Å². The molecule has 1 atom stereocenters. The molecule has 0 saturated carbocycles. The summed E-state index contributed by atoms with van der Waals surface area (Å²) in [5.74, 6) is 0. The largest absolute Gasteiger partial charge is 2.00 e. The van der Waals surface area contributed by atoms with Crippen molar-refractivity contribution in [2.75, 3.05) is 26.2 Å². The van der Waals surface area contributed by atoms with Gasteiger partial charge in [0.2, 0.25) is 0 Å². The summed E-state index contributed by atoms with van der Waals surface area (Å²) in [6.07, 6.45) is -0.536. The van der Waals surface area contributed by atoms with Crippen LogP contribution in [0.5, 0.6) is 0 Å². The number of aliphatic hydroxyl groups is 1. The van der Waals surface area contributed by atoms with Crippen molar-refractivity contribution in [3.05, 3.63) is 0 Å². The van der Waals surface area contributed by atoms with Gasteiger partial charge in [0.1, 0.15) is 0 Å². The molecule has 0 aliphatic rings. The molecule has 19 heavy (non-hydrogen) atoms. The molecule has 0 aliphatic heterocycles. The molecule has 0 spiro atoms. The van der Waals surface area contributed by atoms with Crippen molar-refractivity contribution >= 4 is 58.3 Å². The first-order chi connectivity index (χ1) is 8.32. The van der Waals surface area contributed by atoms with Crippen LogP contribution in [0.4, 0.5) is 0 Å². The fourth-order valence-electron chi connectivity index (χ4n) is 1.16. The number of ether oxygens (including phenoxy) is 1. The Morgan fingerprint density at radius 2 is 1.95 bits per heavy atom. The average Bonchev–Trinajstić information content (AvgIpc) is 2.24. The first kappa shape index (κ1) is 22.1. The van der Waals surface area contributed by atoms with Crippen LogP contribution in [0.2, 0.25) is 0 Å². The minimum absolute atomic E-state index is 0. The number of nitrogens with one attached hydrogen (secondary N) is 1. The summed E-state index contributed by atoms with van der Waals surface area (Å²) in [7, 11) is 0. The predicted molar refractivity (Wildman–Crippen MR) is 86.6 cm³/mol. The third kappa shape index (κ3) is 13.5. The second-order valence-corrected chi connectivity index (χ2v) is 6.07. The molecule has 0 radical (unpaired) electrons. The van der Waals surface area contributed by atoms with E-state index in [9.17, 15) is 5.11 Å². The smallest absolute Gasteiger partial charge is 0.412 e. The van der Waals surface area contributed by atoms with E-state index < -0.39 is 6.10 Å². The van der Waals surface area contributed by atoms with Crippen LogP contribution in [0, 0.1) is 0 Å². The summed E-state index contributed by atoms with van der Waals surface area (Å²) in [4.78, 5) is 1.72. The van der Waals surface area contributed by atoms with Crippen molar-refractivity contribution in [2.45, 2.75) is 26.1 Å². The van der Waals surface area contributed by atoms with Gasteiger partial charge in [-0.05, 0) is 13.8 Å². The zero-order chi connectivity index (χ0) is 14.1. The molecule has 0 aliphatic carbocycles. The summed E-state index contributed by atoms with van der Waals surface area (Å²) in [6.45, 7) is 5.54. The molecule has 0 heterocycles. The monoisotopic (exact) mass is 390 g/mol. The van der Waals surface area contributed by atoms with Gasteiger partial charge in [0, 0.05) is 19.6 Å². The molecular formula is C10H18N2O2S4Zn. The molecule has 106 valence electrons. The first-order valence-corrected chi connectivity index (χ1v) is 7.16. The average molecular weight is 392 g/mol. The number of thiocarbonyl (C=S) groups is 2. The molecule has 1 unspecified atom stereocenters. The minimum Gasteiger partial charge on any atom is -0.412 e. The summed E-state index contributed by atoms with van der Waals surface area (Å²) >= 11 is 19.4. The molecular weight excluding hydrogens is 374 g/mol. The van der Waals surface area contributed by atoms with Crippen LogP contribution in [0.15, 0.2) is 0 Å². The standard InChI is InChI=1S/C10H20N2O2S4.Zn/c1-7(2)14-6-8(13)5-12(10(17)18)4-3-11-9(15)16;/h7-8,13H,3-6H2,1-2H3,(H,17,18)(H2,11,15,16);/q;+2/p-2. The van der Waals surface area contributed by atoms with Crippen LogP contribution in [0.1, 0.15) is 13.8 Å². The van der Waals surface area contributed by atoms with E-state index in [1.54, 1.807) is 4.90 Å². The number of hydrogen-bond donors (Lipinski definition) is 2. The van der Waals surface area contributed by atoms with Crippen LogP contribution in [-0.2, 0) is 49.5 Å². The van der Waals surface area contributed by atoms with Gasteiger partial charge in [0.15, 0.2) is 0 Å². The van der Waals surface area contributed by atoms with Gasteiger partial charge < -0.3 is 69.8 Å². The quantitative estimate of drug-likeness (QED) is 0.348. The first-order valence-electron chi connectivity index (χ1n) is 5.53. The van der Waals surface area contributed by atoms with Gasteiger partial charge in [-0.1, -0.05) is 8.64 Å². The van der Waals surface area contributed by atoms with Crippen LogP contribution in [0.3, 0.4) is 0 Å². The number of nitrogens with zero attached hydrogens (tertiary/aromatic N) is 1. The zero-order valence-electron chi connectivity index (χ0n) is 11.1. The van der Waals surface area contributed by atoms with E-state index >= 15 is 0 Å². The van der Waals surface area contributed by atoms with Crippen molar-refractivity contribution < 1.29 is 29.3 Å². The van der Waals surface area contributed by atoms with Crippen molar-refractivity contribution in [3.63, 3.8) is 0 Å². The second kappa shape index (κ2) is 12.5. The second-order valence-electron chi connectivity index (χ2n) is 3.96. The summed E-state index contributed by atoms with van der Waals surface area (Å²) in [5, 5.41) is 12.6. The molecule has 0 aromatic carbocycles. The zero-order valence-corrected chi connectivity index (χ0v) is 17.4.